The third-order valence-electron chi connectivity index (χ3n) is 3.80. The molecule has 1 aliphatic heterocycles. The first-order chi connectivity index (χ1) is 11.9. The van der Waals surface area contributed by atoms with Gasteiger partial charge in [-0.1, -0.05) is 23.3 Å². The van der Waals surface area contributed by atoms with E-state index in [1.807, 2.05) is 0 Å². The van der Waals surface area contributed by atoms with Gasteiger partial charge in [0, 0.05) is 12.6 Å². The molecule has 0 fully saturated rings. The highest BCUT2D eigenvalue weighted by Crippen LogP contribution is 2.25. The van der Waals surface area contributed by atoms with E-state index in [1.54, 1.807) is 31.2 Å². The summed E-state index contributed by atoms with van der Waals surface area (Å²) in [4.78, 5) is 53.1. The highest BCUT2D eigenvalue weighted by atomic mass is 16.7. The van der Waals surface area contributed by atoms with Gasteiger partial charge in [0.1, 0.15) is 0 Å². The first-order valence-electron chi connectivity index (χ1n) is 7.47. The van der Waals surface area contributed by atoms with Gasteiger partial charge in [0.05, 0.1) is 16.7 Å². The van der Waals surface area contributed by atoms with E-state index in [0.29, 0.717) is 16.3 Å². The molecule has 0 unspecified atom stereocenters. The second kappa shape index (κ2) is 6.20. The van der Waals surface area contributed by atoms with Crippen molar-refractivity contribution in [1.29, 1.82) is 0 Å². The summed E-state index contributed by atoms with van der Waals surface area (Å²) in [6, 6.07) is 10.9. The molecular weight excluding hydrogens is 324 g/mol. The fourth-order valence-corrected chi connectivity index (χ4v) is 2.56. The molecule has 0 saturated heterocycles. The lowest BCUT2D eigenvalue weighted by molar-refractivity contribution is -0.114. The number of rotatable bonds is 3. The summed E-state index contributed by atoms with van der Waals surface area (Å²) in [5.41, 5.74) is 1.43. The Labute approximate surface area is 143 Å². The summed E-state index contributed by atoms with van der Waals surface area (Å²) < 4.78 is 0. The number of imide groups is 1. The summed E-state index contributed by atoms with van der Waals surface area (Å²) in [7, 11) is 0. The fourth-order valence-electron chi connectivity index (χ4n) is 2.56. The molecule has 126 valence electrons. The molecule has 3 amide bonds. The zero-order valence-electron chi connectivity index (χ0n) is 13.5. The van der Waals surface area contributed by atoms with E-state index in [-0.39, 0.29) is 22.6 Å². The number of benzene rings is 2. The monoisotopic (exact) mass is 338 g/mol. The lowest BCUT2D eigenvalue weighted by atomic mass is 10.1. The Kier molecular flexibility index (Phi) is 4.06. The van der Waals surface area contributed by atoms with Crippen LogP contribution in [0.3, 0.4) is 0 Å². The van der Waals surface area contributed by atoms with Crippen LogP contribution in [0.2, 0.25) is 0 Å². The van der Waals surface area contributed by atoms with Crippen LogP contribution in [0, 0.1) is 6.92 Å². The number of hydroxylamine groups is 2. The van der Waals surface area contributed by atoms with Crippen molar-refractivity contribution in [3.63, 3.8) is 0 Å². The maximum absolute atomic E-state index is 12.4. The van der Waals surface area contributed by atoms with E-state index in [1.165, 1.54) is 25.1 Å². The lowest BCUT2D eigenvalue weighted by Gasteiger charge is -2.15. The number of carbonyl (C=O) groups excluding carboxylic acids is 4. The summed E-state index contributed by atoms with van der Waals surface area (Å²) in [5.74, 6) is -2.53. The molecule has 3 rings (SSSR count). The van der Waals surface area contributed by atoms with Crippen molar-refractivity contribution in [1.82, 2.24) is 5.06 Å². The van der Waals surface area contributed by atoms with E-state index in [4.69, 9.17) is 4.84 Å². The summed E-state index contributed by atoms with van der Waals surface area (Å²) in [6.45, 7) is 2.98. The van der Waals surface area contributed by atoms with Gasteiger partial charge in [-0.3, -0.25) is 14.4 Å². The van der Waals surface area contributed by atoms with Crippen LogP contribution in [-0.2, 0) is 9.63 Å². The molecule has 1 heterocycles. The molecule has 0 radical (unpaired) electrons. The van der Waals surface area contributed by atoms with Crippen molar-refractivity contribution >= 4 is 29.4 Å². The van der Waals surface area contributed by atoms with Crippen LogP contribution in [0.4, 0.5) is 5.69 Å². The number of nitrogens with zero attached hydrogens (tertiary/aromatic N) is 1. The minimum absolute atomic E-state index is 0.141. The normalized spacial score (nSPS) is 12.8. The second-order valence-corrected chi connectivity index (χ2v) is 5.49. The van der Waals surface area contributed by atoms with E-state index in [2.05, 4.69) is 5.32 Å². The van der Waals surface area contributed by atoms with Crippen LogP contribution in [0.25, 0.3) is 0 Å². The Morgan fingerprint density at radius 1 is 0.960 bits per heavy atom. The summed E-state index contributed by atoms with van der Waals surface area (Å²) >= 11 is 0. The number of hydrogen-bond donors (Lipinski definition) is 1. The predicted molar refractivity (Wildman–Crippen MR) is 87.8 cm³/mol. The molecule has 2 aromatic carbocycles. The molecule has 0 atom stereocenters. The Morgan fingerprint density at radius 2 is 1.56 bits per heavy atom. The first kappa shape index (κ1) is 16.4. The molecule has 0 bridgehead atoms. The van der Waals surface area contributed by atoms with Gasteiger partial charge >= 0.3 is 5.97 Å². The van der Waals surface area contributed by atoms with E-state index in [9.17, 15) is 19.2 Å². The highest BCUT2D eigenvalue weighted by molar-refractivity contribution is 6.21. The Hall–Kier alpha value is -3.48. The Balaban J connectivity index is 1.86. The third kappa shape index (κ3) is 2.87. The second-order valence-electron chi connectivity index (χ2n) is 5.49. The van der Waals surface area contributed by atoms with Crippen LogP contribution in [0.15, 0.2) is 42.5 Å². The van der Waals surface area contributed by atoms with Crippen molar-refractivity contribution in [2.24, 2.45) is 0 Å². The number of fused-ring (bicyclic) bond motifs is 1. The Bertz CT molecular complexity index is 884. The largest absolute Gasteiger partial charge is 0.364 e. The molecule has 7 nitrogen and oxygen atoms in total. The van der Waals surface area contributed by atoms with Gasteiger partial charge in [0.25, 0.3) is 11.8 Å². The summed E-state index contributed by atoms with van der Waals surface area (Å²) in [6.07, 6.45) is 0. The van der Waals surface area contributed by atoms with Crippen molar-refractivity contribution in [2.45, 2.75) is 13.8 Å². The zero-order valence-corrected chi connectivity index (χ0v) is 13.5. The summed E-state index contributed by atoms with van der Waals surface area (Å²) in [5, 5.41) is 3.06. The quantitative estimate of drug-likeness (QED) is 0.867. The third-order valence-corrected chi connectivity index (χ3v) is 3.80. The van der Waals surface area contributed by atoms with Crippen LogP contribution in [0.5, 0.6) is 0 Å². The molecule has 25 heavy (non-hydrogen) atoms. The Morgan fingerprint density at radius 3 is 2.12 bits per heavy atom. The molecule has 0 spiro atoms. The highest BCUT2D eigenvalue weighted by Gasteiger charge is 2.39. The molecule has 1 N–H and O–H groups in total. The van der Waals surface area contributed by atoms with Crippen LogP contribution < -0.4 is 5.32 Å². The van der Waals surface area contributed by atoms with Crippen LogP contribution >= 0.6 is 0 Å². The standard InChI is InChI=1S/C18H14N2O5/c1-10-12(8-5-9-15(10)19-11(2)21)18(24)25-20-16(22)13-6-3-4-7-14(13)17(20)23/h3-9H,1-2H3,(H,19,21). The first-order valence-corrected chi connectivity index (χ1v) is 7.47. The van der Waals surface area contributed by atoms with Crippen molar-refractivity contribution in [3.8, 4) is 0 Å². The van der Waals surface area contributed by atoms with E-state index < -0.39 is 17.8 Å². The molecule has 0 aromatic heterocycles. The van der Waals surface area contributed by atoms with Gasteiger partial charge in [-0.15, -0.1) is 0 Å². The van der Waals surface area contributed by atoms with E-state index in [0.717, 1.165) is 0 Å². The average Bonchev–Trinajstić information content (AvgIpc) is 2.82. The van der Waals surface area contributed by atoms with Gasteiger partial charge < -0.3 is 10.2 Å². The van der Waals surface area contributed by atoms with Crippen molar-refractivity contribution < 1.29 is 24.0 Å². The molecule has 2 aromatic rings. The van der Waals surface area contributed by atoms with Gasteiger partial charge in [-0.2, -0.15) is 0 Å². The molecule has 1 aliphatic rings. The maximum atomic E-state index is 12.4. The van der Waals surface area contributed by atoms with Crippen molar-refractivity contribution in [3.05, 3.63) is 64.7 Å². The maximum Gasteiger partial charge on any atom is 0.364 e. The smallest absolute Gasteiger partial charge is 0.326 e. The molecular formula is C18H14N2O5. The van der Waals surface area contributed by atoms with Gasteiger partial charge in [0.2, 0.25) is 5.91 Å². The number of hydrogen-bond acceptors (Lipinski definition) is 5. The van der Waals surface area contributed by atoms with Crippen LogP contribution in [0.1, 0.15) is 43.6 Å². The lowest BCUT2D eigenvalue weighted by Crippen LogP contribution is -2.33. The number of amides is 3. The zero-order chi connectivity index (χ0) is 18.1. The van der Waals surface area contributed by atoms with E-state index >= 15 is 0 Å². The minimum atomic E-state index is -0.862. The van der Waals surface area contributed by atoms with Gasteiger partial charge in [0.15, 0.2) is 0 Å². The average molecular weight is 338 g/mol. The number of anilines is 1. The van der Waals surface area contributed by atoms with Crippen molar-refractivity contribution in [2.75, 3.05) is 5.32 Å². The number of carbonyl (C=O) groups is 4. The molecule has 0 aliphatic carbocycles. The van der Waals surface area contributed by atoms with Gasteiger partial charge in [-0.25, -0.2) is 4.79 Å². The predicted octanol–water partition coefficient (Wildman–Crippen LogP) is 2.32. The fraction of sp³-hybridized carbons (Fsp3) is 0.111. The van der Waals surface area contributed by atoms with Crippen LogP contribution in [-0.4, -0.2) is 28.8 Å². The van der Waals surface area contributed by atoms with Gasteiger partial charge in [-0.05, 0) is 36.8 Å². The SMILES string of the molecule is CC(=O)Nc1cccc(C(=O)ON2C(=O)c3ccccc3C2=O)c1C. The number of nitrogens with one attached hydrogen (secondary N) is 1. The topological polar surface area (TPSA) is 92.8 Å². The molecule has 7 heteroatoms. The molecule has 0 saturated carbocycles. The minimum Gasteiger partial charge on any atom is -0.326 e.